The van der Waals surface area contributed by atoms with Gasteiger partial charge in [-0.05, 0) is 62.5 Å². The second-order valence-electron chi connectivity index (χ2n) is 9.16. The molecule has 1 aliphatic heterocycles. The van der Waals surface area contributed by atoms with Crippen molar-refractivity contribution < 1.29 is 35.6 Å². The number of amides is 2. The van der Waals surface area contributed by atoms with Crippen molar-refractivity contribution in [2.24, 2.45) is 16.6 Å². The van der Waals surface area contributed by atoms with Crippen LogP contribution in [0.3, 0.4) is 0 Å². The first-order valence-corrected chi connectivity index (χ1v) is 15.5. The molecule has 1 fully saturated rings. The number of carbonyl (C=O) groups excluding carboxylic acids is 2. The first-order valence-electron chi connectivity index (χ1n) is 12.2. The van der Waals surface area contributed by atoms with Crippen LogP contribution in [0.4, 0.5) is 5.69 Å². The lowest BCUT2D eigenvalue weighted by molar-refractivity contribution is -0.752. The molecule has 2 amide bonds. The molecule has 2 heterocycles. The summed E-state index contributed by atoms with van der Waals surface area (Å²) in [5, 5.41) is 11.7. The summed E-state index contributed by atoms with van der Waals surface area (Å²) >= 11 is 5.53. The van der Waals surface area contributed by atoms with Crippen LogP contribution in [-0.4, -0.2) is 56.1 Å². The maximum Gasteiger partial charge on any atom is 0.289 e. The molecule has 0 radical (unpaired) electrons. The van der Waals surface area contributed by atoms with Gasteiger partial charge in [-0.1, -0.05) is 17.7 Å². The number of anilines is 1. The lowest BCUT2D eigenvalue weighted by atomic mass is 10.1. The zero-order chi connectivity index (χ0) is 30.1. The van der Waals surface area contributed by atoms with Crippen molar-refractivity contribution in [3.8, 4) is 0 Å². The largest absolute Gasteiger partial charge is 0.486 e. The Morgan fingerprint density at radius 1 is 1.12 bits per heavy atom. The number of benzene rings is 2. The molecular weight excluding hydrogens is 595 g/mol. The van der Waals surface area contributed by atoms with Crippen LogP contribution in [0.1, 0.15) is 24.6 Å². The van der Waals surface area contributed by atoms with E-state index in [2.05, 4.69) is 15.0 Å². The molecule has 41 heavy (non-hydrogen) atoms. The Morgan fingerprint density at radius 2 is 1.73 bits per heavy atom. The molecule has 0 bridgehead atoms. The first kappa shape index (κ1) is 30.0. The van der Waals surface area contributed by atoms with Crippen molar-refractivity contribution in [3.05, 3.63) is 65.3 Å². The van der Waals surface area contributed by atoms with Gasteiger partial charge in [-0.2, -0.15) is 8.42 Å². The third kappa shape index (κ3) is 6.53. The SMILES string of the molecule is CCN1C(=O)C(CC(=O)Nc2ccc(S(N)(=O)=O)cc2)N(Cc2/c(=N/S(=O)(=O)c3ccc(C)cc3)o[n-][n+]2C)C1=S. The monoisotopic (exact) mass is 621 g/mol. The number of aromatic nitrogens is 2. The van der Waals surface area contributed by atoms with Crippen molar-refractivity contribution in [2.45, 2.75) is 42.6 Å². The third-order valence-corrected chi connectivity index (χ3v) is 8.95. The Bertz CT molecular complexity index is 1780. The number of rotatable bonds is 9. The fourth-order valence-corrected chi connectivity index (χ4v) is 5.96. The average molecular weight is 622 g/mol. The fraction of sp³-hybridized carbons (Fsp3) is 0.292. The molecule has 4 rings (SSSR count). The van der Waals surface area contributed by atoms with Gasteiger partial charge in [0.15, 0.2) is 5.11 Å². The Hall–Kier alpha value is -3.93. The van der Waals surface area contributed by atoms with Gasteiger partial charge in [0.05, 0.1) is 16.2 Å². The highest BCUT2D eigenvalue weighted by molar-refractivity contribution is 7.90. The smallest absolute Gasteiger partial charge is 0.289 e. The van der Waals surface area contributed by atoms with Crippen molar-refractivity contribution in [1.29, 1.82) is 0 Å². The van der Waals surface area contributed by atoms with E-state index in [1.165, 1.54) is 57.9 Å². The molecule has 2 aromatic carbocycles. The maximum atomic E-state index is 13.2. The van der Waals surface area contributed by atoms with Crippen LogP contribution < -0.4 is 26.0 Å². The minimum absolute atomic E-state index is 0.0382. The molecule has 1 unspecified atom stereocenters. The highest BCUT2D eigenvalue weighted by Crippen LogP contribution is 2.23. The van der Waals surface area contributed by atoms with E-state index in [9.17, 15) is 26.4 Å². The van der Waals surface area contributed by atoms with Crippen LogP contribution in [0.5, 0.6) is 0 Å². The van der Waals surface area contributed by atoms with Crippen LogP contribution >= 0.6 is 12.2 Å². The van der Waals surface area contributed by atoms with E-state index in [-0.39, 0.29) is 45.7 Å². The molecule has 218 valence electrons. The van der Waals surface area contributed by atoms with Gasteiger partial charge in [0.2, 0.25) is 15.9 Å². The number of likely N-dealkylation sites (N-methyl/N-ethyl adjacent to an activating group) is 1. The van der Waals surface area contributed by atoms with E-state index < -0.39 is 37.9 Å². The number of nitrogens with zero attached hydrogens (tertiary/aromatic N) is 5. The Labute approximate surface area is 241 Å². The molecule has 17 heteroatoms. The Kier molecular flexibility index (Phi) is 8.44. The summed E-state index contributed by atoms with van der Waals surface area (Å²) in [4.78, 5) is 28.8. The second kappa shape index (κ2) is 11.5. The van der Waals surface area contributed by atoms with E-state index in [0.717, 1.165) is 5.56 Å². The number of primary sulfonamides is 1. The number of aryl methyl sites for hydroxylation is 2. The number of sulfonamides is 2. The number of nitrogens with one attached hydrogen (secondary N) is 1. The molecule has 3 aromatic rings. The molecule has 1 saturated heterocycles. The number of carbonyl (C=O) groups is 2. The summed E-state index contributed by atoms with van der Waals surface area (Å²) in [6.07, 6.45) is -0.310. The minimum Gasteiger partial charge on any atom is -0.486 e. The molecule has 0 saturated carbocycles. The summed E-state index contributed by atoms with van der Waals surface area (Å²) in [5.41, 5.74) is 1.08. The van der Waals surface area contributed by atoms with Gasteiger partial charge in [0, 0.05) is 12.2 Å². The molecule has 0 aliphatic carbocycles. The quantitative estimate of drug-likeness (QED) is 0.236. The number of hydrogen-bond acceptors (Lipinski definition) is 8. The van der Waals surface area contributed by atoms with Crippen LogP contribution in [0, 0.1) is 6.92 Å². The Balaban J connectivity index is 1.60. The standard InChI is InChI=1S/C24H27N7O7S3/c1-4-30-23(33)19(13-21(32)26-16-7-11-17(12-8-16)40(25,34)35)31(24(30)39)14-20-22(38-28-29(20)3)27-41(36,37)18-9-5-15(2)6-10-18/h5-12,19H,4,13-14H2,1-3H3,(H,26,32)(H2,25,34,35)/b27-22-. The number of nitrogens with two attached hydrogens (primary N) is 1. The number of thiocarbonyl (C=S) groups is 1. The average Bonchev–Trinajstić information content (AvgIpc) is 3.34. The third-order valence-electron chi connectivity index (χ3n) is 6.29. The summed E-state index contributed by atoms with van der Waals surface area (Å²) in [6, 6.07) is 10.3. The highest BCUT2D eigenvalue weighted by Gasteiger charge is 2.44. The van der Waals surface area contributed by atoms with Gasteiger partial charge < -0.3 is 14.7 Å². The van der Waals surface area contributed by atoms with Crippen LogP contribution in [0.25, 0.3) is 0 Å². The minimum atomic E-state index is -4.15. The summed E-state index contributed by atoms with van der Waals surface area (Å²) in [5.74, 6) is -0.957. The predicted octanol–water partition coefficient (Wildman–Crippen LogP) is -0.347. The van der Waals surface area contributed by atoms with Crippen molar-refractivity contribution >= 4 is 54.9 Å². The molecular formula is C24H27N7O7S3. The zero-order valence-electron chi connectivity index (χ0n) is 22.2. The lowest BCUT2D eigenvalue weighted by Crippen LogP contribution is -2.45. The highest BCUT2D eigenvalue weighted by atomic mass is 32.2. The van der Waals surface area contributed by atoms with Crippen molar-refractivity contribution in [3.63, 3.8) is 0 Å². The summed E-state index contributed by atoms with van der Waals surface area (Å²) in [7, 11) is -6.54. The maximum absolute atomic E-state index is 13.2. The van der Waals surface area contributed by atoms with Gasteiger partial charge >= 0.3 is 0 Å². The van der Waals surface area contributed by atoms with Crippen LogP contribution in [-0.2, 0) is 43.2 Å². The van der Waals surface area contributed by atoms with Gasteiger partial charge in [0.1, 0.15) is 19.6 Å². The molecule has 1 aliphatic rings. The van der Waals surface area contributed by atoms with E-state index in [4.69, 9.17) is 21.9 Å². The topological polar surface area (TPSA) is 190 Å². The Morgan fingerprint density at radius 3 is 2.32 bits per heavy atom. The summed E-state index contributed by atoms with van der Waals surface area (Å²) < 4.78 is 59.1. The molecule has 3 N–H and O–H groups in total. The van der Waals surface area contributed by atoms with Gasteiger partial charge in [-0.25, -0.2) is 18.2 Å². The molecule has 14 nitrogen and oxygen atoms in total. The van der Waals surface area contributed by atoms with E-state index >= 15 is 0 Å². The van der Waals surface area contributed by atoms with Crippen molar-refractivity contribution in [2.75, 3.05) is 11.9 Å². The van der Waals surface area contributed by atoms with E-state index in [1.807, 2.05) is 6.92 Å². The molecule has 1 atom stereocenters. The normalized spacial score (nSPS) is 16.5. The van der Waals surface area contributed by atoms with E-state index in [1.54, 1.807) is 19.1 Å². The lowest BCUT2D eigenvalue weighted by Gasteiger charge is -2.22. The zero-order valence-corrected chi connectivity index (χ0v) is 24.7. The second-order valence-corrected chi connectivity index (χ2v) is 12.7. The molecule has 0 spiro atoms. The van der Waals surface area contributed by atoms with Gasteiger partial charge in [-0.3, -0.25) is 19.8 Å². The van der Waals surface area contributed by atoms with Crippen LogP contribution in [0.2, 0.25) is 0 Å². The number of hydrogen-bond donors (Lipinski definition) is 2. The molecule has 1 aromatic heterocycles. The predicted molar refractivity (Wildman–Crippen MR) is 148 cm³/mol. The van der Waals surface area contributed by atoms with E-state index in [0.29, 0.717) is 5.69 Å². The van der Waals surface area contributed by atoms with Crippen molar-refractivity contribution in [1.82, 2.24) is 15.1 Å². The van der Waals surface area contributed by atoms with Crippen LogP contribution in [0.15, 0.2) is 67.2 Å². The van der Waals surface area contributed by atoms with Gasteiger partial charge in [0.25, 0.3) is 27.2 Å². The summed E-state index contributed by atoms with van der Waals surface area (Å²) in [6.45, 7) is 3.66. The first-order chi connectivity index (χ1) is 19.2. The van der Waals surface area contributed by atoms with Gasteiger partial charge in [-0.15, -0.1) is 4.40 Å². The fourth-order valence-electron chi connectivity index (χ4n) is 4.09.